The zero-order valence-corrected chi connectivity index (χ0v) is 15.4. The van der Waals surface area contributed by atoms with Crippen LogP contribution in [0.2, 0.25) is 0 Å². The number of likely N-dealkylation sites (N-methyl/N-ethyl adjacent to an activating group) is 1. The number of amides is 2. The van der Waals surface area contributed by atoms with Gasteiger partial charge in [0.25, 0.3) is 5.91 Å². The smallest absolute Gasteiger partial charge is 0.412 e. The van der Waals surface area contributed by atoms with Crippen LogP contribution in [0.3, 0.4) is 0 Å². The number of carbonyl (C=O) groups is 3. The maximum absolute atomic E-state index is 12.1. The van der Waals surface area contributed by atoms with Gasteiger partial charge in [-0.2, -0.15) is 0 Å². The number of hydrogen-bond acceptors (Lipinski definition) is 5. The van der Waals surface area contributed by atoms with Crippen LogP contribution in [0.15, 0.2) is 24.3 Å². The molecular weight excluding hydrogens is 324 g/mol. The molecule has 0 aliphatic rings. The highest BCUT2D eigenvalue weighted by Crippen LogP contribution is 2.14. The third-order valence-corrected chi connectivity index (χ3v) is 3.19. The van der Waals surface area contributed by atoms with Crippen molar-refractivity contribution in [2.75, 3.05) is 25.0 Å². The topological polar surface area (TPSA) is 84.9 Å². The predicted molar refractivity (Wildman–Crippen MR) is 94.5 cm³/mol. The van der Waals surface area contributed by atoms with Crippen molar-refractivity contribution in [2.24, 2.45) is 0 Å². The van der Waals surface area contributed by atoms with Crippen molar-refractivity contribution in [1.29, 1.82) is 0 Å². The molecule has 0 aliphatic carbocycles. The van der Waals surface area contributed by atoms with Gasteiger partial charge in [0.2, 0.25) is 0 Å². The highest BCUT2D eigenvalue weighted by atomic mass is 16.6. The minimum absolute atomic E-state index is 0.237. The number of ether oxygens (including phenoxy) is 2. The molecule has 1 N–H and O–H groups in total. The van der Waals surface area contributed by atoms with Crippen molar-refractivity contribution in [3.8, 4) is 0 Å². The number of esters is 1. The summed E-state index contributed by atoms with van der Waals surface area (Å²) >= 11 is 0. The van der Waals surface area contributed by atoms with Gasteiger partial charge in [0.1, 0.15) is 5.60 Å². The van der Waals surface area contributed by atoms with Crippen molar-refractivity contribution >= 4 is 23.7 Å². The molecule has 0 saturated heterocycles. The van der Waals surface area contributed by atoms with Crippen molar-refractivity contribution < 1.29 is 23.9 Å². The Kier molecular flexibility index (Phi) is 7.42. The van der Waals surface area contributed by atoms with Crippen LogP contribution in [-0.4, -0.2) is 48.2 Å². The van der Waals surface area contributed by atoms with Crippen LogP contribution in [0.5, 0.6) is 0 Å². The van der Waals surface area contributed by atoms with Gasteiger partial charge in [0.15, 0.2) is 6.61 Å². The molecule has 138 valence electrons. The molecule has 2 amide bonds. The molecule has 0 radical (unpaired) electrons. The first-order valence-corrected chi connectivity index (χ1v) is 8.21. The molecule has 25 heavy (non-hydrogen) atoms. The first kappa shape index (κ1) is 20.5. The second-order valence-corrected chi connectivity index (χ2v) is 6.35. The molecule has 0 aromatic heterocycles. The van der Waals surface area contributed by atoms with Crippen LogP contribution in [-0.2, 0) is 14.3 Å². The summed E-state index contributed by atoms with van der Waals surface area (Å²) in [7, 11) is 0. The van der Waals surface area contributed by atoms with Crippen LogP contribution in [0.1, 0.15) is 45.0 Å². The fourth-order valence-electron chi connectivity index (χ4n) is 2.02. The predicted octanol–water partition coefficient (Wildman–Crippen LogP) is 3.06. The fraction of sp³-hybridized carbons (Fsp3) is 0.500. The monoisotopic (exact) mass is 350 g/mol. The molecule has 0 saturated carbocycles. The normalized spacial score (nSPS) is 10.8. The summed E-state index contributed by atoms with van der Waals surface area (Å²) in [5.74, 6) is -0.880. The summed E-state index contributed by atoms with van der Waals surface area (Å²) in [6.45, 7) is 9.78. The van der Waals surface area contributed by atoms with Gasteiger partial charge >= 0.3 is 12.1 Å². The number of benzene rings is 1. The zero-order valence-electron chi connectivity index (χ0n) is 15.4. The minimum Gasteiger partial charge on any atom is -0.452 e. The van der Waals surface area contributed by atoms with Gasteiger partial charge in [-0.15, -0.1) is 0 Å². The van der Waals surface area contributed by atoms with E-state index in [2.05, 4.69) is 5.32 Å². The Morgan fingerprint density at radius 3 is 2.32 bits per heavy atom. The van der Waals surface area contributed by atoms with E-state index in [4.69, 9.17) is 9.47 Å². The highest BCUT2D eigenvalue weighted by Gasteiger charge is 2.17. The number of anilines is 1. The van der Waals surface area contributed by atoms with Crippen LogP contribution in [0.25, 0.3) is 0 Å². The third-order valence-electron chi connectivity index (χ3n) is 3.19. The molecule has 1 rings (SSSR count). The van der Waals surface area contributed by atoms with Gasteiger partial charge in [-0.05, 0) is 52.8 Å². The molecule has 0 unspecified atom stereocenters. The molecule has 1 aromatic rings. The molecule has 0 spiro atoms. The first-order valence-electron chi connectivity index (χ1n) is 8.21. The van der Waals surface area contributed by atoms with Gasteiger partial charge in [0, 0.05) is 18.8 Å². The van der Waals surface area contributed by atoms with Gasteiger partial charge in [0.05, 0.1) is 5.56 Å². The Morgan fingerprint density at radius 1 is 1.12 bits per heavy atom. The second-order valence-electron chi connectivity index (χ2n) is 6.35. The molecule has 0 atom stereocenters. The lowest BCUT2D eigenvalue weighted by molar-refractivity contribution is -0.134. The average molecular weight is 350 g/mol. The Labute approximate surface area is 148 Å². The summed E-state index contributed by atoms with van der Waals surface area (Å²) in [6.07, 6.45) is -0.616. The van der Waals surface area contributed by atoms with Gasteiger partial charge < -0.3 is 14.4 Å². The van der Waals surface area contributed by atoms with E-state index in [1.807, 2.05) is 13.8 Å². The molecule has 7 heteroatoms. The number of rotatable bonds is 6. The minimum atomic E-state index is -0.631. The molecule has 0 fully saturated rings. The first-order chi connectivity index (χ1) is 11.7. The number of hydrogen-bond donors (Lipinski definition) is 1. The highest BCUT2D eigenvalue weighted by molar-refractivity contribution is 5.93. The van der Waals surface area contributed by atoms with E-state index in [9.17, 15) is 14.4 Å². The van der Waals surface area contributed by atoms with E-state index in [0.717, 1.165) is 0 Å². The second kappa shape index (κ2) is 9.05. The summed E-state index contributed by atoms with van der Waals surface area (Å²) in [5, 5.41) is 2.55. The molecule has 1 aromatic carbocycles. The molecular formula is C18H26N2O5. The van der Waals surface area contributed by atoms with E-state index >= 15 is 0 Å². The van der Waals surface area contributed by atoms with Crippen molar-refractivity contribution in [1.82, 2.24) is 4.90 Å². The Hall–Kier alpha value is -2.57. The summed E-state index contributed by atoms with van der Waals surface area (Å²) in [6, 6.07) is 6.25. The average Bonchev–Trinajstić information content (AvgIpc) is 2.52. The van der Waals surface area contributed by atoms with E-state index in [1.165, 1.54) is 6.07 Å². The largest absolute Gasteiger partial charge is 0.452 e. The lowest BCUT2D eigenvalue weighted by atomic mass is 10.2. The lowest BCUT2D eigenvalue weighted by Crippen LogP contribution is -2.34. The van der Waals surface area contributed by atoms with Gasteiger partial charge in [-0.3, -0.25) is 10.1 Å². The van der Waals surface area contributed by atoms with Crippen LogP contribution in [0, 0.1) is 0 Å². The standard InChI is InChI=1S/C18H26N2O5/c1-6-20(7-2)15(21)12-24-16(22)13-9-8-10-14(11-13)19-17(23)25-18(3,4)5/h8-11H,6-7,12H2,1-5H3,(H,19,23). The Morgan fingerprint density at radius 2 is 1.76 bits per heavy atom. The van der Waals surface area contributed by atoms with Crippen LogP contribution >= 0.6 is 0 Å². The van der Waals surface area contributed by atoms with Gasteiger partial charge in [-0.1, -0.05) is 6.07 Å². The summed E-state index contributed by atoms with van der Waals surface area (Å²) < 4.78 is 10.2. The third kappa shape index (κ3) is 7.24. The Bertz CT molecular complexity index is 618. The zero-order chi connectivity index (χ0) is 19.0. The molecule has 0 aliphatic heterocycles. The molecule has 7 nitrogen and oxygen atoms in total. The number of nitrogens with zero attached hydrogens (tertiary/aromatic N) is 1. The molecule has 0 bridgehead atoms. The summed E-state index contributed by atoms with van der Waals surface area (Å²) in [5.41, 5.74) is 0.0190. The van der Waals surface area contributed by atoms with E-state index < -0.39 is 17.7 Å². The van der Waals surface area contributed by atoms with Crippen LogP contribution < -0.4 is 5.32 Å². The van der Waals surface area contributed by atoms with Crippen LogP contribution in [0.4, 0.5) is 10.5 Å². The lowest BCUT2D eigenvalue weighted by Gasteiger charge is -2.20. The van der Waals surface area contributed by atoms with Gasteiger partial charge in [-0.25, -0.2) is 9.59 Å². The quantitative estimate of drug-likeness (QED) is 0.797. The SMILES string of the molecule is CCN(CC)C(=O)COC(=O)c1cccc(NC(=O)OC(C)(C)C)c1. The Balaban J connectivity index is 2.66. The number of carbonyl (C=O) groups excluding carboxylic acids is 3. The fourth-order valence-corrected chi connectivity index (χ4v) is 2.02. The molecule has 0 heterocycles. The van der Waals surface area contributed by atoms with E-state index in [-0.39, 0.29) is 18.1 Å². The maximum Gasteiger partial charge on any atom is 0.412 e. The van der Waals surface area contributed by atoms with E-state index in [0.29, 0.717) is 18.8 Å². The van der Waals surface area contributed by atoms with E-state index in [1.54, 1.807) is 43.9 Å². The number of nitrogens with one attached hydrogen (secondary N) is 1. The summed E-state index contributed by atoms with van der Waals surface area (Å²) in [4.78, 5) is 37.3. The maximum atomic E-state index is 12.1. The van der Waals surface area contributed by atoms with Crippen molar-refractivity contribution in [2.45, 2.75) is 40.2 Å². The van der Waals surface area contributed by atoms with Crippen molar-refractivity contribution in [3.05, 3.63) is 29.8 Å². The van der Waals surface area contributed by atoms with Crippen molar-refractivity contribution in [3.63, 3.8) is 0 Å².